The Morgan fingerprint density at radius 1 is 1.30 bits per heavy atom. The summed E-state index contributed by atoms with van der Waals surface area (Å²) in [6.07, 6.45) is 7.52. The Kier molecular flexibility index (Phi) is 3.63. The van der Waals surface area contributed by atoms with Crippen molar-refractivity contribution >= 4 is 11.6 Å². The first-order valence-corrected chi connectivity index (χ1v) is 8.39. The number of hydrogen-bond acceptors (Lipinski definition) is 3. The summed E-state index contributed by atoms with van der Waals surface area (Å²) in [5, 5.41) is 16.0. The van der Waals surface area contributed by atoms with Gasteiger partial charge < -0.3 is 5.11 Å². The van der Waals surface area contributed by atoms with Gasteiger partial charge in [-0.3, -0.25) is 0 Å². The molecule has 0 amide bonds. The van der Waals surface area contributed by atoms with Crippen LogP contribution >= 0.6 is 11.6 Å². The fourth-order valence-corrected chi connectivity index (χ4v) is 3.26. The molecule has 118 valence electrons. The molecule has 1 heterocycles. The fraction of sp³-hybridized carbons (Fsp3) is 0.444. The Morgan fingerprint density at radius 3 is 2.74 bits per heavy atom. The molecule has 0 radical (unpaired) electrons. The number of hydrogen-bond donors (Lipinski definition) is 1. The van der Waals surface area contributed by atoms with E-state index in [2.05, 4.69) is 21.9 Å². The van der Waals surface area contributed by atoms with E-state index in [1.165, 1.54) is 19.2 Å². The summed E-state index contributed by atoms with van der Waals surface area (Å²) in [5.41, 5.74) is 0.659. The van der Waals surface area contributed by atoms with E-state index in [0.29, 0.717) is 17.5 Å². The lowest BCUT2D eigenvalue weighted by Crippen LogP contribution is -2.34. The van der Waals surface area contributed by atoms with E-state index >= 15 is 0 Å². The van der Waals surface area contributed by atoms with Crippen molar-refractivity contribution in [2.45, 2.75) is 37.8 Å². The van der Waals surface area contributed by atoms with E-state index in [1.807, 2.05) is 18.2 Å². The minimum atomic E-state index is -1.01. The zero-order chi connectivity index (χ0) is 15.9. The van der Waals surface area contributed by atoms with E-state index in [9.17, 15) is 5.11 Å². The lowest BCUT2D eigenvalue weighted by Gasteiger charge is -2.29. The third-order valence-corrected chi connectivity index (χ3v) is 4.87. The van der Waals surface area contributed by atoms with Gasteiger partial charge in [0.1, 0.15) is 18.3 Å². The van der Waals surface area contributed by atoms with Crippen LogP contribution in [0.25, 0.3) is 0 Å². The van der Waals surface area contributed by atoms with E-state index < -0.39 is 5.60 Å². The first-order chi connectivity index (χ1) is 11.1. The Balaban J connectivity index is 1.64. The van der Waals surface area contributed by atoms with Crippen molar-refractivity contribution in [3.05, 3.63) is 47.0 Å². The van der Waals surface area contributed by atoms with Crippen LogP contribution in [-0.2, 0) is 12.1 Å². The van der Waals surface area contributed by atoms with Crippen molar-refractivity contribution < 1.29 is 5.11 Å². The predicted molar refractivity (Wildman–Crippen MR) is 87.7 cm³/mol. The average Bonchev–Trinajstić information content (AvgIpc) is 3.45. The number of nitrogens with zero attached hydrogens (tertiary/aromatic N) is 3. The van der Waals surface area contributed by atoms with Crippen LogP contribution < -0.4 is 0 Å². The largest absolute Gasteiger partial charge is 0.383 e. The second kappa shape index (κ2) is 5.67. The van der Waals surface area contributed by atoms with Crippen LogP contribution in [0, 0.1) is 23.7 Å². The Morgan fingerprint density at radius 2 is 2.13 bits per heavy atom. The van der Waals surface area contributed by atoms with Crippen LogP contribution in [-0.4, -0.2) is 19.9 Å². The molecule has 0 saturated heterocycles. The van der Waals surface area contributed by atoms with Crippen molar-refractivity contribution in [1.82, 2.24) is 14.8 Å². The second-order valence-electron chi connectivity index (χ2n) is 6.53. The van der Waals surface area contributed by atoms with Gasteiger partial charge >= 0.3 is 0 Å². The minimum Gasteiger partial charge on any atom is -0.383 e. The standard InChI is InChI=1S/C18H18ClN3O/c19-17-9-14(4-3-13-1-2-13)5-8-16(17)18(23,15-6-7-15)10-22-12-20-11-21-22/h5,8-9,11-13,15,23H,1-2,6-7,10H2. The average molecular weight is 328 g/mol. The zero-order valence-electron chi connectivity index (χ0n) is 12.7. The molecular weight excluding hydrogens is 310 g/mol. The predicted octanol–water partition coefficient (Wildman–Crippen LogP) is 2.99. The summed E-state index contributed by atoms with van der Waals surface area (Å²) in [7, 11) is 0. The first-order valence-electron chi connectivity index (χ1n) is 8.01. The quantitative estimate of drug-likeness (QED) is 0.878. The van der Waals surface area contributed by atoms with E-state index in [-0.39, 0.29) is 5.92 Å². The summed E-state index contributed by atoms with van der Waals surface area (Å²) in [6.45, 7) is 0.366. The highest BCUT2D eigenvalue weighted by molar-refractivity contribution is 6.31. The van der Waals surface area contributed by atoms with Gasteiger partial charge in [0.25, 0.3) is 0 Å². The lowest BCUT2D eigenvalue weighted by atomic mass is 9.88. The fourth-order valence-electron chi connectivity index (χ4n) is 2.91. The van der Waals surface area contributed by atoms with Gasteiger partial charge in [-0.2, -0.15) is 5.10 Å². The summed E-state index contributed by atoms with van der Waals surface area (Å²) in [6, 6.07) is 5.72. The monoisotopic (exact) mass is 327 g/mol. The van der Waals surface area contributed by atoms with Crippen LogP contribution in [0.5, 0.6) is 0 Å². The van der Waals surface area contributed by atoms with Gasteiger partial charge in [-0.1, -0.05) is 29.5 Å². The van der Waals surface area contributed by atoms with E-state index in [0.717, 1.165) is 24.0 Å². The van der Waals surface area contributed by atoms with Crippen molar-refractivity contribution in [2.24, 2.45) is 11.8 Å². The molecule has 23 heavy (non-hydrogen) atoms. The van der Waals surface area contributed by atoms with Crippen molar-refractivity contribution in [3.63, 3.8) is 0 Å². The SMILES string of the molecule is OC(Cn1cncn1)(c1ccc(C#CC2CC2)cc1Cl)C1CC1. The molecule has 1 atom stereocenters. The smallest absolute Gasteiger partial charge is 0.137 e. The normalized spacial score (nSPS) is 19.7. The van der Waals surface area contributed by atoms with Crippen LogP contribution in [0.2, 0.25) is 5.02 Å². The van der Waals surface area contributed by atoms with Gasteiger partial charge in [-0.05, 0) is 43.7 Å². The number of halogens is 1. The number of aliphatic hydroxyl groups is 1. The maximum atomic E-state index is 11.3. The molecule has 5 heteroatoms. The molecule has 0 spiro atoms. The summed E-state index contributed by atoms with van der Waals surface area (Å²) < 4.78 is 1.66. The second-order valence-corrected chi connectivity index (χ2v) is 6.94. The van der Waals surface area contributed by atoms with Gasteiger partial charge in [0.2, 0.25) is 0 Å². The molecule has 1 aromatic carbocycles. The highest BCUT2D eigenvalue weighted by Gasteiger charge is 2.46. The zero-order valence-corrected chi connectivity index (χ0v) is 13.5. The summed E-state index contributed by atoms with van der Waals surface area (Å²) >= 11 is 6.48. The molecular formula is C18H18ClN3O. The van der Waals surface area contributed by atoms with Crippen molar-refractivity contribution in [1.29, 1.82) is 0 Å². The summed E-state index contributed by atoms with van der Waals surface area (Å²) in [5.74, 6) is 7.18. The third kappa shape index (κ3) is 3.12. The van der Waals surface area contributed by atoms with Gasteiger partial charge in [0.15, 0.2) is 0 Å². The van der Waals surface area contributed by atoms with E-state index in [1.54, 1.807) is 11.0 Å². The molecule has 4 nitrogen and oxygen atoms in total. The van der Waals surface area contributed by atoms with E-state index in [4.69, 9.17) is 11.6 Å². The van der Waals surface area contributed by atoms with Crippen LogP contribution in [0.15, 0.2) is 30.9 Å². The summed E-state index contributed by atoms with van der Waals surface area (Å²) in [4.78, 5) is 3.95. The molecule has 2 fully saturated rings. The lowest BCUT2D eigenvalue weighted by molar-refractivity contribution is -0.00766. The van der Waals surface area contributed by atoms with Crippen LogP contribution in [0.3, 0.4) is 0 Å². The molecule has 2 saturated carbocycles. The third-order valence-electron chi connectivity index (χ3n) is 4.56. The molecule has 4 rings (SSSR count). The number of benzene rings is 1. The Labute approximate surface area is 140 Å². The van der Waals surface area contributed by atoms with Gasteiger partial charge in [0.05, 0.1) is 6.54 Å². The molecule has 2 aliphatic rings. The van der Waals surface area contributed by atoms with Gasteiger partial charge in [-0.25, -0.2) is 9.67 Å². The molecule has 0 bridgehead atoms. The highest BCUT2D eigenvalue weighted by atomic mass is 35.5. The molecule has 2 aromatic rings. The molecule has 2 aliphatic carbocycles. The molecule has 1 aromatic heterocycles. The Bertz CT molecular complexity index is 769. The highest BCUT2D eigenvalue weighted by Crippen LogP contribution is 2.48. The molecule has 0 aliphatic heterocycles. The first kappa shape index (κ1) is 14.7. The maximum Gasteiger partial charge on any atom is 0.137 e. The van der Waals surface area contributed by atoms with Crippen LogP contribution in [0.1, 0.15) is 36.8 Å². The number of rotatable bonds is 4. The van der Waals surface area contributed by atoms with Gasteiger partial charge in [0, 0.05) is 22.1 Å². The minimum absolute atomic E-state index is 0.215. The molecule has 1 unspecified atom stereocenters. The topological polar surface area (TPSA) is 50.9 Å². The van der Waals surface area contributed by atoms with Gasteiger partial charge in [-0.15, -0.1) is 0 Å². The molecule has 1 N–H and O–H groups in total. The van der Waals surface area contributed by atoms with Crippen LogP contribution in [0.4, 0.5) is 0 Å². The number of aromatic nitrogens is 3. The Hall–Kier alpha value is -1.83. The van der Waals surface area contributed by atoms with Crippen molar-refractivity contribution in [2.75, 3.05) is 0 Å². The van der Waals surface area contributed by atoms with Crippen molar-refractivity contribution in [3.8, 4) is 11.8 Å². The maximum absolute atomic E-state index is 11.3.